The number of nitrogens with two attached hydrogens (primary N) is 1. The van der Waals surface area contributed by atoms with Crippen LogP contribution in [0.2, 0.25) is 0 Å². The van der Waals surface area contributed by atoms with Crippen LogP contribution in [-0.2, 0) is 19.6 Å². The quantitative estimate of drug-likeness (QED) is 0.478. The van der Waals surface area contributed by atoms with Gasteiger partial charge in [-0.25, -0.2) is 13.1 Å². The fraction of sp³-hybridized carbons (Fsp3) is 0.667. The number of rotatable bonds is 7. The van der Waals surface area contributed by atoms with Crippen molar-refractivity contribution >= 4 is 15.9 Å². The second kappa shape index (κ2) is 6.31. The Kier molecular flexibility index (Phi) is 5.78. The molecular weight excluding hydrogens is 210 g/mol. The average molecular weight is 221 g/mol. The van der Waals surface area contributed by atoms with Gasteiger partial charge >= 0.3 is 0 Å². The smallest absolute Gasteiger partial charge is 0.243 e. The van der Waals surface area contributed by atoms with Crippen molar-refractivity contribution in [2.75, 3.05) is 25.5 Å². The normalized spacial score (nSPS) is 10.8. The number of nitriles is 1. The molecule has 0 aromatic heterocycles. The molecule has 0 rings (SSSR count). The van der Waals surface area contributed by atoms with Crippen LogP contribution in [0.5, 0.6) is 0 Å². The van der Waals surface area contributed by atoms with Crippen molar-refractivity contribution in [1.82, 2.24) is 4.72 Å². The Morgan fingerprint density at radius 2 is 2.21 bits per heavy atom. The average Bonchev–Trinajstić information content (AvgIpc) is 2.02. The number of nitrogens with one attached hydrogen (secondary N) is 1. The van der Waals surface area contributed by atoms with Gasteiger partial charge in [0.2, 0.25) is 15.9 Å². The highest BCUT2D eigenvalue weighted by Crippen LogP contribution is 1.81. The zero-order valence-electron chi connectivity index (χ0n) is 7.39. The van der Waals surface area contributed by atoms with Gasteiger partial charge in [-0.3, -0.25) is 4.79 Å². The number of sulfonamides is 1. The summed E-state index contributed by atoms with van der Waals surface area (Å²) in [5, 5.41) is 8.12. The summed E-state index contributed by atoms with van der Waals surface area (Å²) in [5.41, 5.74) is 4.76. The zero-order valence-corrected chi connectivity index (χ0v) is 8.21. The monoisotopic (exact) mass is 221 g/mol. The van der Waals surface area contributed by atoms with Crippen molar-refractivity contribution in [3.63, 3.8) is 0 Å². The lowest BCUT2D eigenvalue weighted by molar-refractivity contribution is -0.122. The second-order valence-electron chi connectivity index (χ2n) is 2.33. The van der Waals surface area contributed by atoms with E-state index in [9.17, 15) is 13.2 Å². The topological polar surface area (TPSA) is 122 Å². The summed E-state index contributed by atoms with van der Waals surface area (Å²) < 4.78 is 28.5. The molecule has 3 N–H and O–H groups in total. The van der Waals surface area contributed by atoms with Crippen LogP contribution < -0.4 is 10.5 Å². The highest BCUT2D eigenvalue weighted by atomic mass is 32.2. The van der Waals surface area contributed by atoms with Crippen molar-refractivity contribution in [2.45, 2.75) is 0 Å². The molecule has 0 aromatic carbocycles. The van der Waals surface area contributed by atoms with Crippen molar-refractivity contribution in [3.8, 4) is 6.07 Å². The number of carbonyl (C=O) groups excluding carboxylic acids is 1. The third-order valence-electron chi connectivity index (χ3n) is 1.07. The van der Waals surface area contributed by atoms with E-state index < -0.39 is 21.7 Å². The Balaban J connectivity index is 3.56. The van der Waals surface area contributed by atoms with Crippen LogP contribution in [0.4, 0.5) is 0 Å². The molecule has 0 aromatic rings. The predicted molar refractivity (Wildman–Crippen MR) is 47.4 cm³/mol. The van der Waals surface area contributed by atoms with Crippen LogP contribution in [0.25, 0.3) is 0 Å². The fourth-order valence-corrected chi connectivity index (χ4v) is 1.24. The number of amides is 1. The molecule has 0 spiro atoms. The summed E-state index contributed by atoms with van der Waals surface area (Å²) in [6, 6.07) is 1.50. The molecule has 0 heterocycles. The molecule has 0 radical (unpaired) electrons. The third kappa shape index (κ3) is 7.48. The van der Waals surface area contributed by atoms with Gasteiger partial charge in [0.05, 0.1) is 12.7 Å². The van der Waals surface area contributed by atoms with Crippen LogP contribution in [0, 0.1) is 11.3 Å². The first-order valence-corrected chi connectivity index (χ1v) is 5.33. The SMILES string of the molecule is N#CCS(=O)(=O)NCCOCC(N)=O. The first-order chi connectivity index (χ1) is 6.48. The molecule has 14 heavy (non-hydrogen) atoms. The highest BCUT2D eigenvalue weighted by Gasteiger charge is 2.07. The Labute approximate surface area is 81.9 Å². The number of hydrogen-bond acceptors (Lipinski definition) is 5. The van der Waals surface area contributed by atoms with Gasteiger partial charge in [0.25, 0.3) is 0 Å². The van der Waals surface area contributed by atoms with E-state index in [0.717, 1.165) is 0 Å². The summed E-state index contributed by atoms with van der Waals surface area (Å²) in [7, 11) is -3.54. The summed E-state index contributed by atoms with van der Waals surface area (Å²) in [6.07, 6.45) is 0. The molecule has 80 valence electrons. The summed E-state index contributed by atoms with van der Waals surface area (Å²) in [4.78, 5) is 10.2. The van der Waals surface area contributed by atoms with Crippen LogP contribution >= 0.6 is 0 Å². The predicted octanol–water partition coefficient (Wildman–Crippen LogP) is -2.07. The van der Waals surface area contributed by atoms with Crippen molar-refractivity contribution in [3.05, 3.63) is 0 Å². The number of hydrogen-bond donors (Lipinski definition) is 2. The van der Waals surface area contributed by atoms with Gasteiger partial charge in [0.15, 0.2) is 5.75 Å². The molecule has 0 saturated carbocycles. The van der Waals surface area contributed by atoms with Crippen molar-refractivity contribution in [1.29, 1.82) is 5.26 Å². The number of carbonyl (C=O) groups is 1. The van der Waals surface area contributed by atoms with E-state index in [2.05, 4.69) is 9.46 Å². The van der Waals surface area contributed by atoms with E-state index in [-0.39, 0.29) is 19.8 Å². The van der Waals surface area contributed by atoms with Gasteiger partial charge in [-0.15, -0.1) is 0 Å². The van der Waals surface area contributed by atoms with Crippen LogP contribution in [0.1, 0.15) is 0 Å². The van der Waals surface area contributed by atoms with E-state index in [1.165, 1.54) is 6.07 Å². The summed E-state index contributed by atoms with van der Waals surface area (Å²) in [5.74, 6) is -1.21. The van der Waals surface area contributed by atoms with E-state index in [1.54, 1.807) is 0 Å². The molecule has 0 aliphatic rings. The maximum atomic E-state index is 10.8. The first kappa shape index (κ1) is 12.8. The van der Waals surface area contributed by atoms with E-state index >= 15 is 0 Å². The Morgan fingerprint density at radius 3 is 2.71 bits per heavy atom. The van der Waals surface area contributed by atoms with Gasteiger partial charge in [0.1, 0.15) is 6.61 Å². The molecule has 0 saturated heterocycles. The fourth-order valence-electron chi connectivity index (χ4n) is 0.578. The van der Waals surface area contributed by atoms with E-state index in [4.69, 9.17) is 11.0 Å². The molecule has 8 heteroatoms. The van der Waals surface area contributed by atoms with Crippen LogP contribution in [-0.4, -0.2) is 39.8 Å². The molecule has 0 unspecified atom stereocenters. The first-order valence-electron chi connectivity index (χ1n) is 3.68. The molecule has 0 fully saturated rings. The van der Waals surface area contributed by atoms with Gasteiger partial charge < -0.3 is 10.5 Å². The number of primary amides is 1. The van der Waals surface area contributed by atoms with Gasteiger partial charge in [-0.2, -0.15) is 5.26 Å². The number of ether oxygens (including phenoxy) is 1. The summed E-state index contributed by atoms with van der Waals surface area (Å²) >= 11 is 0. The highest BCUT2D eigenvalue weighted by molar-refractivity contribution is 7.89. The van der Waals surface area contributed by atoms with Gasteiger partial charge in [0, 0.05) is 6.54 Å². The van der Waals surface area contributed by atoms with E-state index in [1.807, 2.05) is 0 Å². The summed E-state index contributed by atoms with van der Waals surface area (Å²) in [6.45, 7) is -0.204. The molecule has 7 nitrogen and oxygen atoms in total. The van der Waals surface area contributed by atoms with Crippen molar-refractivity contribution in [2.24, 2.45) is 5.73 Å². The molecule has 0 atom stereocenters. The van der Waals surface area contributed by atoms with Crippen molar-refractivity contribution < 1.29 is 17.9 Å². The Bertz CT molecular complexity index is 318. The Morgan fingerprint density at radius 1 is 1.57 bits per heavy atom. The third-order valence-corrected chi connectivity index (χ3v) is 2.22. The maximum absolute atomic E-state index is 10.8. The van der Waals surface area contributed by atoms with Crippen LogP contribution in [0.15, 0.2) is 0 Å². The zero-order chi connectivity index (χ0) is 11.0. The maximum Gasteiger partial charge on any atom is 0.243 e. The Hall–Kier alpha value is -1.17. The molecule has 0 bridgehead atoms. The lowest BCUT2D eigenvalue weighted by atomic mass is 10.6. The van der Waals surface area contributed by atoms with Gasteiger partial charge in [-0.1, -0.05) is 0 Å². The minimum Gasteiger partial charge on any atom is -0.370 e. The van der Waals surface area contributed by atoms with Gasteiger partial charge in [-0.05, 0) is 0 Å². The minimum absolute atomic E-state index is 0.0112. The lowest BCUT2D eigenvalue weighted by Gasteiger charge is -2.03. The van der Waals surface area contributed by atoms with Crippen LogP contribution in [0.3, 0.4) is 0 Å². The molecule has 1 amide bonds. The number of nitrogens with zero attached hydrogens (tertiary/aromatic N) is 1. The standard InChI is InChI=1S/C6H11N3O4S/c7-1-4-14(11,12)9-2-3-13-5-6(8)10/h9H,2-5H2,(H2,8,10). The second-order valence-corrected chi connectivity index (χ2v) is 4.14. The molecule has 0 aliphatic carbocycles. The van der Waals surface area contributed by atoms with E-state index in [0.29, 0.717) is 0 Å². The minimum atomic E-state index is -3.54. The lowest BCUT2D eigenvalue weighted by Crippen LogP contribution is -2.30. The molecular formula is C6H11N3O4S. The largest absolute Gasteiger partial charge is 0.370 e. The molecule has 0 aliphatic heterocycles.